The quantitative estimate of drug-likeness (QED) is 0.204. The summed E-state index contributed by atoms with van der Waals surface area (Å²) in [4.78, 5) is 105. The molecule has 0 saturated heterocycles. The molecule has 0 radical (unpaired) electrons. The zero-order chi connectivity index (χ0) is 31.3. The van der Waals surface area contributed by atoms with Crippen molar-refractivity contribution < 1.29 is 38.4 Å². The molecule has 0 aliphatic carbocycles. The number of ketones is 1. The van der Waals surface area contributed by atoms with Crippen LogP contribution in [0.4, 0.5) is 0 Å². The Balaban J connectivity index is 4.75. The highest BCUT2D eigenvalue weighted by molar-refractivity contribution is 5.92. The highest BCUT2D eigenvalue weighted by Gasteiger charge is 2.24. The molecule has 0 aromatic heterocycles. The van der Waals surface area contributed by atoms with Gasteiger partial charge in [0, 0.05) is 55.8 Å². The van der Waals surface area contributed by atoms with Gasteiger partial charge < -0.3 is 34.3 Å². The molecule has 15 nitrogen and oxygen atoms in total. The van der Waals surface area contributed by atoms with Crippen molar-refractivity contribution in [2.45, 2.75) is 20.3 Å². The Hall–Kier alpha value is -4.04. The molecule has 0 aliphatic rings. The molecule has 0 atom stereocenters. The third-order valence-electron chi connectivity index (χ3n) is 5.98. The lowest BCUT2D eigenvalue weighted by Gasteiger charge is -2.27. The van der Waals surface area contributed by atoms with E-state index in [1.54, 1.807) is 6.92 Å². The number of carbonyl (C=O) groups excluding carboxylic acids is 8. The number of rotatable bonds is 15. The van der Waals surface area contributed by atoms with Crippen LogP contribution >= 0.6 is 0 Å². The van der Waals surface area contributed by atoms with E-state index < -0.39 is 35.4 Å². The molecule has 0 unspecified atom stereocenters. The summed E-state index contributed by atoms with van der Waals surface area (Å²) >= 11 is 0. The maximum atomic E-state index is 12.6. The number of amides is 7. The van der Waals surface area contributed by atoms with E-state index in [9.17, 15) is 38.4 Å². The van der Waals surface area contributed by atoms with E-state index >= 15 is 0 Å². The summed E-state index contributed by atoms with van der Waals surface area (Å²) in [6.45, 7) is 1.16. The lowest BCUT2D eigenvalue weighted by molar-refractivity contribution is -0.146. The average molecular weight is 570 g/mol. The van der Waals surface area contributed by atoms with Crippen molar-refractivity contribution in [2.75, 3.05) is 95.1 Å². The van der Waals surface area contributed by atoms with Crippen LogP contribution in [0.3, 0.4) is 0 Å². The summed E-state index contributed by atoms with van der Waals surface area (Å²) in [6.07, 6.45) is 0.248. The Morgan fingerprint density at radius 3 is 0.700 bits per heavy atom. The summed E-state index contributed by atoms with van der Waals surface area (Å²) in [6, 6.07) is 0. The van der Waals surface area contributed by atoms with Crippen LogP contribution in [0.5, 0.6) is 0 Å². The van der Waals surface area contributed by atoms with Crippen molar-refractivity contribution >= 4 is 47.1 Å². The van der Waals surface area contributed by atoms with E-state index in [0.717, 1.165) is 24.5 Å². The van der Waals surface area contributed by atoms with Crippen LogP contribution in [0.15, 0.2) is 0 Å². The van der Waals surface area contributed by atoms with Crippen molar-refractivity contribution in [2.24, 2.45) is 0 Å². The zero-order valence-electron chi connectivity index (χ0n) is 25.1. The first-order valence-corrected chi connectivity index (χ1v) is 12.6. The molecule has 15 heteroatoms. The number of nitrogens with zero attached hydrogens (tertiary/aromatic N) is 7. The molecule has 0 bridgehead atoms. The monoisotopic (exact) mass is 569 g/mol. The van der Waals surface area contributed by atoms with Crippen LogP contribution in [0.1, 0.15) is 20.3 Å². The van der Waals surface area contributed by atoms with Crippen LogP contribution in [-0.2, 0) is 38.4 Å². The van der Waals surface area contributed by atoms with Gasteiger partial charge in [0.05, 0.1) is 45.8 Å². The van der Waals surface area contributed by atoms with Gasteiger partial charge in [0.2, 0.25) is 41.4 Å². The number of hydrogen-bond donors (Lipinski definition) is 0. The number of likely N-dealkylation sites (N-methyl/N-ethyl adjacent to an activating group) is 7. The van der Waals surface area contributed by atoms with Crippen molar-refractivity contribution in [3.63, 3.8) is 0 Å². The molecule has 40 heavy (non-hydrogen) atoms. The van der Waals surface area contributed by atoms with Crippen molar-refractivity contribution in [3.8, 4) is 0 Å². The number of hydrogen-bond acceptors (Lipinski definition) is 8. The summed E-state index contributed by atoms with van der Waals surface area (Å²) in [5.74, 6) is -3.37. The van der Waals surface area contributed by atoms with Crippen LogP contribution in [0.2, 0.25) is 0 Å². The normalized spacial score (nSPS) is 10.2. The lowest BCUT2D eigenvalue weighted by atomic mass is 10.3. The average Bonchev–Trinajstić information content (AvgIpc) is 2.86. The SMILES string of the molecule is CCC(=O)N(C)CC(=O)N(C)CC(=O)N(C)CC(=O)N(C)CC(=O)N(C)CC(=O)N(C)CC(=O)N(C)CC(C)=O. The second-order valence-corrected chi connectivity index (χ2v) is 9.80. The number of carbonyl (C=O) groups is 8. The maximum absolute atomic E-state index is 12.6. The fraction of sp³-hybridized carbons (Fsp3) is 0.680. The predicted octanol–water partition coefficient (Wildman–Crippen LogP) is -2.81. The van der Waals surface area contributed by atoms with Gasteiger partial charge in [0.15, 0.2) is 0 Å². The highest BCUT2D eigenvalue weighted by atomic mass is 16.2. The van der Waals surface area contributed by atoms with Crippen molar-refractivity contribution in [1.82, 2.24) is 34.3 Å². The Morgan fingerprint density at radius 1 is 0.350 bits per heavy atom. The van der Waals surface area contributed by atoms with Gasteiger partial charge in [0.25, 0.3) is 0 Å². The van der Waals surface area contributed by atoms with E-state index in [2.05, 4.69) is 0 Å². The Kier molecular flexibility index (Phi) is 15.1. The molecule has 0 N–H and O–H groups in total. The first kappa shape index (κ1) is 36.0. The van der Waals surface area contributed by atoms with Gasteiger partial charge >= 0.3 is 0 Å². The molecular weight excluding hydrogens is 526 g/mol. The molecule has 7 amide bonds. The first-order valence-electron chi connectivity index (χ1n) is 12.6. The molecular formula is C25H43N7O8. The third kappa shape index (κ3) is 12.7. The summed E-state index contributed by atoms with van der Waals surface area (Å²) in [5.41, 5.74) is 0. The topological polar surface area (TPSA) is 159 Å². The second kappa shape index (κ2) is 16.8. The minimum atomic E-state index is -0.539. The minimum absolute atomic E-state index is 0.0754. The molecule has 226 valence electrons. The molecule has 0 rings (SSSR count). The Morgan fingerprint density at radius 2 is 0.525 bits per heavy atom. The summed E-state index contributed by atoms with van der Waals surface area (Å²) in [5, 5.41) is 0. The molecule has 0 aromatic rings. The highest BCUT2D eigenvalue weighted by Crippen LogP contribution is 1.99. The van der Waals surface area contributed by atoms with Gasteiger partial charge in [-0.05, 0) is 6.92 Å². The van der Waals surface area contributed by atoms with Gasteiger partial charge in [-0.25, -0.2) is 0 Å². The molecule has 0 spiro atoms. The Bertz CT molecular complexity index is 986. The van der Waals surface area contributed by atoms with Crippen LogP contribution in [0.25, 0.3) is 0 Å². The fourth-order valence-electron chi connectivity index (χ4n) is 3.16. The van der Waals surface area contributed by atoms with Crippen LogP contribution in [-0.4, -0.2) is 177 Å². The van der Waals surface area contributed by atoms with E-state index in [1.165, 1.54) is 66.1 Å². The van der Waals surface area contributed by atoms with Gasteiger partial charge in [-0.3, -0.25) is 38.4 Å². The van der Waals surface area contributed by atoms with E-state index in [4.69, 9.17) is 0 Å². The molecule has 0 fully saturated rings. The van der Waals surface area contributed by atoms with Crippen molar-refractivity contribution in [1.29, 1.82) is 0 Å². The Labute approximate surface area is 235 Å². The van der Waals surface area contributed by atoms with E-state index in [-0.39, 0.29) is 63.9 Å². The van der Waals surface area contributed by atoms with Crippen molar-refractivity contribution in [3.05, 3.63) is 0 Å². The smallest absolute Gasteiger partial charge is 0.242 e. The predicted molar refractivity (Wildman–Crippen MR) is 144 cm³/mol. The molecule has 0 aliphatic heterocycles. The minimum Gasteiger partial charge on any atom is -0.337 e. The molecule has 0 aromatic carbocycles. The largest absolute Gasteiger partial charge is 0.337 e. The third-order valence-corrected chi connectivity index (χ3v) is 5.98. The van der Waals surface area contributed by atoms with Gasteiger partial charge in [-0.1, -0.05) is 6.92 Å². The summed E-state index contributed by atoms with van der Waals surface area (Å²) < 4.78 is 0. The second-order valence-electron chi connectivity index (χ2n) is 9.80. The standard InChI is InChI=1S/C25H43N7O8/c1-10-19(34)27(4)12-21(36)29(6)14-23(38)31(8)16-25(40)32(9)17-24(39)30(7)15-22(37)28(5)13-20(35)26(3)11-18(2)33/h10-17H2,1-9H3. The first-order chi connectivity index (χ1) is 18.4. The van der Waals surface area contributed by atoms with E-state index in [1.807, 2.05) is 0 Å². The molecule has 0 heterocycles. The van der Waals surface area contributed by atoms with Crippen LogP contribution < -0.4 is 0 Å². The van der Waals surface area contributed by atoms with E-state index in [0.29, 0.717) is 0 Å². The summed E-state index contributed by atoms with van der Waals surface area (Å²) in [7, 11) is 9.90. The van der Waals surface area contributed by atoms with Gasteiger partial charge in [-0.15, -0.1) is 0 Å². The lowest BCUT2D eigenvalue weighted by Crippen LogP contribution is -2.48. The van der Waals surface area contributed by atoms with Gasteiger partial charge in [0.1, 0.15) is 5.78 Å². The van der Waals surface area contributed by atoms with Crippen LogP contribution in [0, 0.1) is 0 Å². The molecule has 0 saturated carbocycles. The fourth-order valence-corrected chi connectivity index (χ4v) is 3.16. The zero-order valence-corrected chi connectivity index (χ0v) is 25.1. The maximum Gasteiger partial charge on any atom is 0.242 e. The van der Waals surface area contributed by atoms with Gasteiger partial charge in [-0.2, -0.15) is 0 Å². The number of Topliss-reactive ketones (excluding diaryl/α,β-unsaturated/α-hetero) is 1.